The van der Waals surface area contributed by atoms with Crippen molar-refractivity contribution in [3.63, 3.8) is 0 Å². The normalized spacial score (nSPS) is 14.5. The van der Waals surface area contributed by atoms with E-state index < -0.39 is 4.92 Å². The summed E-state index contributed by atoms with van der Waals surface area (Å²) >= 11 is 0. The van der Waals surface area contributed by atoms with E-state index in [9.17, 15) is 14.9 Å². The Bertz CT molecular complexity index is 1020. The molecule has 0 N–H and O–H groups in total. The second-order valence-corrected chi connectivity index (χ2v) is 6.83. The number of rotatable bonds is 4. The van der Waals surface area contributed by atoms with Crippen LogP contribution in [0.25, 0.3) is 5.65 Å². The molecule has 0 radical (unpaired) electrons. The Balaban J connectivity index is 1.36. The SMILES string of the molecule is Cc1cccn2cc(CC(=O)N3CCN(c4ccc([N+](=O)[O-])cn4)CC3)nc12. The Kier molecular flexibility index (Phi) is 4.64. The minimum absolute atomic E-state index is 0.0275. The van der Waals surface area contributed by atoms with Crippen LogP contribution in [0.15, 0.2) is 42.9 Å². The summed E-state index contributed by atoms with van der Waals surface area (Å²) in [4.78, 5) is 35.5. The molecule has 1 saturated heterocycles. The maximum absolute atomic E-state index is 12.7. The topological polar surface area (TPSA) is 96.9 Å². The van der Waals surface area contributed by atoms with Crippen LogP contribution < -0.4 is 4.90 Å². The van der Waals surface area contributed by atoms with Gasteiger partial charge in [-0.3, -0.25) is 14.9 Å². The number of amides is 1. The number of carbonyl (C=O) groups is 1. The molecule has 4 heterocycles. The van der Waals surface area contributed by atoms with Crippen LogP contribution in [0.3, 0.4) is 0 Å². The number of fused-ring (bicyclic) bond motifs is 1. The van der Waals surface area contributed by atoms with E-state index in [1.165, 1.54) is 12.3 Å². The van der Waals surface area contributed by atoms with Gasteiger partial charge in [0.05, 0.1) is 17.0 Å². The number of piperazine rings is 1. The van der Waals surface area contributed by atoms with Crippen LogP contribution in [0.1, 0.15) is 11.3 Å². The summed E-state index contributed by atoms with van der Waals surface area (Å²) in [6.07, 6.45) is 5.37. The molecule has 3 aromatic heterocycles. The third-order valence-electron chi connectivity index (χ3n) is 4.96. The highest BCUT2D eigenvalue weighted by molar-refractivity contribution is 5.79. The highest BCUT2D eigenvalue weighted by Gasteiger charge is 2.23. The summed E-state index contributed by atoms with van der Waals surface area (Å²) in [5, 5.41) is 10.7. The van der Waals surface area contributed by atoms with E-state index in [2.05, 4.69) is 9.97 Å². The minimum Gasteiger partial charge on any atom is -0.353 e. The maximum Gasteiger partial charge on any atom is 0.287 e. The first kappa shape index (κ1) is 17.9. The molecule has 0 atom stereocenters. The molecule has 28 heavy (non-hydrogen) atoms. The monoisotopic (exact) mass is 380 g/mol. The predicted molar refractivity (Wildman–Crippen MR) is 103 cm³/mol. The molecule has 0 aliphatic carbocycles. The van der Waals surface area contributed by atoms with E-state index in [-0.39, 0.29) is 18.0 Å². The van der Waals surface area contributed by atoms with Gasteiger partial charge in [0, 0.05) is 44.6 Å². The summed E-state index contributed by atoms with van der Waals surface area (Å²) in [5.41, 5.74) is 2.68. The zero-order chi connectivity index (χ0) is 19.7. The van der Waals surface area contributed by atoms with E-state index >= 15 is 0 Å². The van der Waals surface area contributed by atoms with Crippen molar-refractivity contribution < 1.29 is 9.72 Å². The fraction of sp³-hybridized carbons (Fsp3) is 0.316. The van der Waals surface area contributed by atoms with Crippen molar-refractivity contribution in [1.82, 2.24) is 19.3 Å². The van der Waals surface area contributed by atoms with Crippen molar-refractivity contribution in [2.24, 2.45) is 0 Å². The van der Waals surface area contributed by atoms with Crippen molar-refractivity contribution in [2.75, 3.05) is 31.1 Å². The third-order valence-corrected chi connectivity index (χ3v) is 4.96. The summed E-state index contributed by atoms with van der Waals surface area (Å²) in [5.74, 6) is 0.742. The first-order chi connectivity index (χ1) is 13.5. The lowest BCUT2D eigenvalue weighted by Crippen LogP contribution is -2.49. The number of carbonyl (C=O) groups excluding carboxylic acids is 1. The van der Waals surface area contributed by atoms with Gasteiger partial charge < -0.3 is 14.2 Å². The molecule has 0 bridgehead atoms. The van der Waals surface area contributed by atoms with Crippen molar-refractivity contribution in [3.8, 4) is 0 Å². The van der Waals surface area contributed by atoms with E-state index in [1.807, 2.05) is 45.7 Å². The van der Waals surface area contributed by atoms with Gasteiger partial charge in [-0.25, -0.2) is 9.97 Å². The Morgan fingerprint density at radius 3 is 2.64 bits per heavy atom. The lowest BCUT2D eigenvalue weighted by atomic mass is 10.2. The third kappa shape index (κ3) is 3.51. The number of hydrogen-bond acceptors (Lipinski definition) is 6. The molecule has 0 saturated carbocycles. The maximum atomic E-state index is 12.7. The number of pyridine rings is 2. The second-order valence-electron chi connectivity index (χ2n) is 6.83. The molecule has 9 nitrogen and oxygen atoms in total. The van der Waals surface area contributed by atoms with E-state index in [0.29, 0.717) is 32.0 Å². The van der Waals surface area contributed by atoms with E-state index in [0.717, 1.165) is 16.9 Å². The lowest BCUT2D eigenvalue weighted by molar-refractivity contribution is -0.385. The van der Waals surface area contributed by atoms with Crippen molar-refractivity contribution in [1.29, 1.82) is 0 Å². The van der Waals surface area contributed by atoms with Gasteiger partial charge in [0.15, 0.2) is 0 Å². The first-order valence-corrected chi connectivity index (χ1v) is 9.07. The summed E-state index contributed by atoms with van der Waals surface area (Å²) < 4.78 is 1.94. The molecule has 1 aliphatic heterocycles. The number of aryl methyl sites for hydroxylation is 1. The molecule has 9 heteroatoms. The van der Waals surface area contributed by atoms with Crippen molar-refractivity contribution in [2.45, 2.75) is 13.3 Å². The molecule has 0 unspecified atom stereocenters. The summed E-state index contributed by atoms with van der Waals surface area (Å²) in [6, 6.07) is 7.06. The van der Waals surface area contributed by atoms with Gasteiger partial charge >= 0.3 is 0 Å². The molecule has 0 spiro atoms. The average molecular weight is 380 g/mol. The summed E-state index contributed by atoms with van der Waals surface area (Å²) in [7, 11) is 0. The van der Waals surface area contributed by atoms with Crippen LogP contribution in [-0.2, 0) is 11.2 Å². The predicted octanol–water partition coefficient (Wildman–Crippen LogP) is 1.84. The smallest absolute Gasteiger partial charge is 0.287 e. The fourth-order valence-electron chi connectivity index (χ4n) is 3.41. The summed E-state index contributed by atoms with van der Waals surface area (Å²) in [6.45, 7) is 4.45. The quantitative estimate of drug-likeness (QED) is 0.506. The number of aromatic nitrogens is 3. The zero-order valence-electron chi connectivity index (χ0n) is 15.5. The van der Waals surface area contributed by atoms with Crippen molar-refractivity contribution >= 4 is 23.1 Å². The van der Waals surface area contributed by atoms with Gasteiger partial charge in [0.25, 0.3) is 5.69 Å². The lowest BCUT2D eigenvalue weighted by Gasteiger charge is -2.35. The molecule has 1 fully saturated rings. The zero-order valence-corrected chi connectivity index (χ0v) is 15.5. The molecule has 4 rings (SSSR count). The molecular weight excluding hydrogens is 360 g/mol. The number of nitro groups is 1. The van der Waals surface area contributed by atoms with E-state index in [1.54, 1.807) is 6.07 Å². The second kappa shape index (κ2) is 7.26. The van der Waals surface area contributed by atoms with Gasteiger partial charge in [0.1, 0.15) is 17.7 Å². The van der Waals surface area contributed by atoms with Crippen LogP contribution in [0.4, 0.5) is 11.5 Å². The first-order valence-electron chi connectivity index (χ1n) is 9.07. The molecule has 1 aliphatic rings. The molecule has 1 amide bonds. The molecule has 0 aromatic carbocycles. The number of imidazole rings is 1. The van der Waals surface area contributed by atoms with Crippen molar-refractivity contribution in [3.05, 3.63) is 64.2 Å². The molecule has 3 aromatic rings. The Labute approximate surface area is 161 Å². The van der Waals surface area contributed by atoms with Crippen LogP contribution >= 0.6 is 0 Å². The highest BCUT2D eigenvalue weighted by atomic mass is 16.6. The van der Waals surface area contributed by atoms with Gasteiger partial charge in [-0.1, -0.05) is 6.07 Å². The van der Waals surface area contributed by atoms with Gasteiger partial charge in [-0.05, 0) is 24.6 Å². The van der Waals surface area contributed by atoms with Crippen LogP contribution in [0, 0.1) is 17.0 Å². The number of anilines is 1. The van der Waals surface area contributed by atoms with Gasteiger partial charge in [0.2, 0.25) is 5.91 Å². The van der Waals surface area contributed by atoms with Gasteiger partial charge in [-0.2, -0.15) is 0 Å². The average Bonchev–Trinajstić information content (AvgIpc) is 3.12. The Morgan fingerprint density at radius 2 is 2.00 bits per heavy atom. The van der Waals surface area contributed by atoms with Crippen LogP contribution in [0.2, 0.25) is 0 Å². The molecule has 144 valence electrons. The standard InChI is InChI=1S/C19H20N6O3/c1-14-3-2-6-24-13-15(21-19(14)24)11-18(26)23-9-7-22(8-10-23)17-5-4-16(12-20-17)25(27)28/h2-6,12-13H,7-11H2,1H3. The Hall–Kier alpha value is -3.49. The number of hydrogen-bond donors (Lipinski definition) is 0. The van der Waals surface area contributed by atoms with Gasteiger partial charge in [-0.15, -0.1) is 0 Å². The fourth-order valence-corrected chi connectivity index (χ4v) is 3.41. The van der Waals surface area contributed by atoms with E-state index in [4.69, 9.17) is 0 Å². The van der Waals surface area contributed by atoms with Crippen LogP contribution in [-0.4, -0.2) is 56.3 Å². The molecular formula is C19H20N6O3. The highest BCUT2D eigenvalue weighted by Crippen LogP contribution is 2.18. The van der Waals surface area contributed by atoms with Crippen LogP contribution in [0.5, 0.6) is 0 Å². The minimum atomic E-state index is -0.464. The number of nitrogens with zero attached hydrogens (tertiary/aromatic N) is 6. The Morgan fingerprint density at radius 1 is 1.21 bits per heavy atom. The largest absolute Gasteiger partial charge is 0.353 e.